The Morgan fingerprint density at radius 2 is 0.812 bits per heavy atom. The summed E-state index contributed by atoms with van der Waals surface area (Å²) in [5.41, 5.74) is 2.49. The van der Waals surface area contributed by atoms with Crippen LogP contribution in [0.4, 0.5) is 0 Å². The molecule has 238 valence electrons. The van der Waals surface area contributed by atoms with Gasteiger partial charge in [0.25, 0.3) is 0 Å². The van der Waals surface area contributed by atoms with Crippen LogP contribution in [-0.4, -0.2) is 0 Å². The topological polar surface area (TPSA) is 18.5 Å². The van der Waals surface area contributed by atoms with Crippen LogP contribution in [0.25, 0.3) is 33.4 Å². The Morgan fingerprint density at radius 3 is 1.27 bits per heavy atom. The molecule has 2 unspecified atom stereocenters. The van der Waals surface area contributed by atoms with Gasteiger partial charge in [0.2, 0.25) is 0 Å². The molecule has 0 saturated heterocycles. The maximum absolute atomic E-state index is 8.75. The van der Waals surface area contributed by atoms with E-state index in [2.05, 4.69) is 0 Å². The van der Waals surface area contributed by atoms with Crippen molar-refractivity contribution in [1.82, 2.24) is 0 Å². The Bertz CT molecular complexity index is 2720. The summed E-state index contributed by atoms with van der Waals surface area (Å²) in [6.07, 6.45) is 0. The molecule has 0 radical (unpaired) electrons. The summed E-state index contributed by atoms with van der Waals surface area (Å²) < 4.78 is 117. The second kappa shape index (κ2) is 10.7. The number of hydrogen-bond donors (Lipinski definition) is 0. The van der Waals surface area contributed by atoms with Crippen molar-refractivity contribution in [2.75, 3.05) is 0 Å². The van der Waals surface area contributed by atoms with Crippen LogP contribution in [-0.2, 0) is 10.8 Å². The molecule has 8 rings (SSSR count). The molecule has 2 heterocycles. The molecule has 0 amide bonds. The van der Waals surface area contributed by atoms with E-state index in [1.807, 2.05) is 6.92 Å². The van der Waals surface area contributed by atoms with Gasteiger partial charge in [0.1, 0.15) is 23.0 Å². The largest absolute Gasteiger partial charge is 0.456 e. The first-order chi connectivity index (χ1) is 27.9. The van der Waals surface area contributed by atoms with Gasteiger partial charge in [-0.05, 0) is 84.2 Å². The van der Waals surface area contributed by atoms with Crippen LogP contribution < -0.4 is 9.47 Å². The maximum Gasteiger partial charge on any atom is 0.139 e. The van der Waals surface area contributed by atoms with E-state index in [4.69, 9.17) is 25.9 Å². The molecule has 48 heavy (non-hydrogen) atoms. The van der Waals surface area contributed by atoms with Crippen molar-refractivity contribution < 1.29 is 25.9 Å². The maximum atomic E-state index is 8.75. The number of fused-ring (bicyclic) bond motifs is 4. The summed E-state index contributed by atoms with van der Waals surface area (Å²) in [5, 5.41) is 0. The fourth-order valence-electron chi connectivity index (χ4n) is 7.39. The Kier molecular flexibility index (Phi) is 4.39. The first kappa shape index (κ1) is 19.7. The average molecular weight is 639 g/mol. The molecular weight excluding hydrogens is 585 g/mol. The summed E-state index contributed by atoms with van der Waals surface area (Å²) >= 11 is 0. The summed E-state index contributed by atoms with van der Waals surface area (Å²) in [4.78, 5) is 0. The van der Waals surface area contributed by atoms with Crippen molar-refractivity contribution in [3.63, 3.8) is 0 Å². The zero-order chi connectivity index (χ0) is 43.5. The third kappa shape index (κ3) is 4.46. The number of hydrogen-bond acceptors (Lipinski definition) is 2. The average Bonchev–Trinajstić information content (AvgIpc) is 3.16. The van der Waals surface area contributed by atoms with Crippen LogP contribution in [0, 0.1) is 27.6 Å². The predicted octanol–water partition coefficient (Wildman–Crippen LogP) is 12.8. The summed E-state index contributed by atoms with van der Waals surface area (Å²) in [5.74, 6) is 1.31. The molecule has 0 bridgehead atoms. The van der Waals surface area contributed by atoms with Crippen LogP contribution in [0.15, 0.2) is 109 Å². The first-order valence-corrected chi connectivity index (χ1v) is 16.0. The quantitative estimate of drug-likeness (QED) is 0.192. The second-order valence-corrected chi connectivity index (χ2v) is 13.2. The van der Waals surface area contributed by atoms with Crippen molar-refractivity contribution in [3.05, 3.63) is 154 Å². The van der Waals surface area contributed by atoms with E-state index in [9.17, 15) is 0 Å². The van der Waals surface area contributed by atoms with Gasteiger partial charge in [0, 0.05) is 60.7 Å². The minimum absolute atomic E-state index is 0.0340. The highest BCUT2D eigenvalue weighted by Crippen LogP contribution is 2.53. The van der Waals surface area contributed by atoms with E-state index in [1.54, 1.807) is 124 Å². The van der Waals surface area contributed by atoms with E-state index < -0.39 is 38.2 Å². The molecule has 2 nitrogen and oxygen atoms in total. The molecule has 2 aliphatic heterocycles. The highest BCUT2D eigenvalue weighted by atomic mass is 16.5. The summed E-state index contributed by atoms with van der Waals surface area (Å²) in [6, 6.07) is 30.8. The third-order valence-corrected chi connectivity index (χ3v) is 9.98. The van der Waals surface area contributed by atoms with Crippen molar-refractivity contribution in [2.45, 2.75) is 65.9 Å². The number of aryl methyl sites for hydroxylation is 4. The molecule has 6 aromatic rings. The molecule has 6 aromatic carbocycles. The normalized spacial score (nSPS) is 23.7. The van der Waals surface area contributed by atoms with E-state index in [1.165, 1.54) is 6.07 Å². The van der Waals surface area contributed by atoms with Gasteiger partial charge >= 0.3 is 0 Å². The van der Waals surface area contributed by atoms with E-state index in [-0.39, 0.29) is 16.9 Å². The van der Waals surface area contributed by atoms with Crippen LogP contribution in [0.1, 0.15) is 88.5 Å². The van der Waals surface area contributed by atoms with Gasteiger partial charge in [0.15, 0.2) is 0 Å². The monoisotopic (exact) mass is 638 g/mol. The molecule has 0 spiro atoms. The zero-order valence-electron chi connectivity index (χ0n) is 39.2. The molecule has 2 atom stereocenters. The number of ether oxygens (including phenoxy) is 2. The fourth-order valence-corrected chi connectivity index (χ4v) is 7.39. The lowest BCUT2D eigenvalue weighted by atomic mass is 9.74. The van der Waals surface area contributed by atoms with Gasteiger partial charge in [-0.2, -0.15) is 0 Å². The lowest BCUT2D eigenvalue weighted by Crippen LogP contribution is -2.24. The predicted molar refractivity (Wildman–Crippen MR) is 199 cm³/mol. The Labute approximate surface area is 301 Å². The lowest BCUT2D eigenvalue weighted by molar-refractivity contribution is 0.419. The fraction of sp³-hybridized carbons (Fsp3) is 0.217. The van der Waals surface area contributed by atoms with Crippen molar-refractivity contribution in [2.24, 2.45) is 0 Å². The van der Waals surface area contributed by atoms with Gasteiger partial charge in [-0.15, -0.1) is 0 Å². The minimum atomic E-state index is -2.69. The van der Waals surface area contributed by atoms with Crippen LogP contribution in [0.2, 0.25) is 0 Å². The van der Waals surface area contributed by atoms with Crippen molar-refractivity contribution in [3.8, 4) is 56.4 Å². The van der Waals surface area contributed by atoms with Gasteiger partial charge in [-0.1, -0.05) is 125 Å². The SMILES string of the molecule is [2H]C([2H])([2H])c1cc(-c2cccc3c2Oc2ccccc2C3(C)C([2H])([2H])[2H])c(C)cc1-c1cc(C([2H])([2H])[2H])c(-c2cccc3c2Oc2ccccc2C3(C)C([2H])([2H])[2H])cc1C. The standard InChI is InChI=1S/C46H42O2/c1-27-25-35(29(3)23-33(27)31-15-13-19-39-43(31)47-41-21-11-9-17-37(41)45(39,5)6)36-26-28(2)34(24-30(36)4)32-16-14-20-40-44(32)48-42-22-12-10-18-38(42)46(40,7)8/h9-26H,1-8H3/i1D3,4D3,5D3,7D3. The van der Waals surface area contributed by atoms with Gasteiger partial charge in [-0.25, -0.2) is 0 Å². The van der Waals surface area contributed by atoms with Crippen LogP contribution in [0.3, 0.4) is 0 Å². The van der Waals surface area contributed by atoms with Gasteiger partial charge in [-0.3, -0.25) is 0 Å². The van der Waals surface area contributed by atoms with E-state index >= 15 is 0 Å². The lowest BCUT2D eigenvalue weighted by Gasteiger charge is -2.35. The van der Waals surface area contributed by atoms with E-state index in [0.29, 0.717) is 84.0 Å². The first-order valence-electron chi connectivity index (χ1n) is 22.0. The second-order valence-electron chi connectivity index (χ2n) is 13.2. The van der Waals surface area contributed by atoms with E-state index in [0.717, 1.165) is 0 Å². The molecule has 0 aliphatic carbocycles. The number of benzene rings is 6. The smallest absolute Gasteiger partial charge is 0.139 e. The Morgan fingerprint density at radius 1 is 0.438 bits per heavy atom. The highest BCUT2D eigenvalue weighted by molar-refractivity contribution is 5.85. The molecule has 2 heteroatoms. The Hall–Kier alpha value is -5.08. The molecule has 0 N–H and O–H groups in total. The molecular formula is C46H42O2. The summed E-state index contributed by atoms with van der Waals surface area (Å²) in [6.45, 7) is -3.39. The minimum Gasteiger partial charge on any atom is -0.456 e. The Balaban J connectivity index is 1.33. The molecule has 2 aliphatic rings. The number of para-hydroxylation sites is 4. The van der Waals surface area contributed by atoms with Gasteiger partial charge < -0.3 is 9.47 Å². The molecule has 0 aromatic heterocycles. The molecule has 0 saturated carbocycles. The van der Waals surface area contributed by atoms with Crippen molar-refractivity contribution in [1.29, 1.82) is 0 Å². The van der Waals surface area contributed by atoms with Gasteiger partial charge in [0.05, 0.1) is 0 Å². The highest BCUT2D eigenvalue weighted by Gasteiger charge is 2.37. The molecule has 0 fully saturated rings. The number of rotatable bonds is 3. The zero-order valence-corrected chi connectivity index (χ0v) is 27.2. The van der Waals surface area contributed by atoms with Crippen LogP contribution >= 0.6 is 0 Å². The van der Waals surface area contributed by atoms with Crippen molar-refractivity contribution >= 4 is 0 Å². The third-order valence-electron chi connectivity index (χ3n) is 9.98. The van der Waals surface area contributed by atoms with Crippen LogP contribution in [0.5, 0.6) is 23.0 Å². The summed E-state index contributed by atoms with van der Waals surface area (Å²) in [7, 11) is 0.